The first-order valence-corrected chi connectivity index (χ1v) is 19.1. The number of aliphatic hydroxyl groups is 3. The molecule has 0 amide bonds. The van der Waals surface area contributed by atoms with Crippen LogP contribution in [0.5, 0.6) is 0 Å². The van der Waals surface area contributed by atoms with Gasteiger partial charge in [0.05, 0.1) is 30.3 Å². The van der Waals surface area contributed by atoms with Crippen LogP contribution in [0, 0.1) is 39.4 Å². The van der Waals surface area contributed by atoms with Gasteiger partial charge in [0.2, 0.25) is 0 Å². The van der Waals surface area contributed by atoms with Gasteiger partial charge in [0.15, 0.2) is 0 Å². The van der Waals surface area contributed by atoms with E-state index in [0.29, 0.717) is 50.0 Å². The van der Waals surface area contributed by atoms with Gasteiger partial charge in [-0.3, -0.25) is 4.79 Å². The molecule has 0 saturated heterocycles. The molecule has 7 nitrogen and oxygen atoms in total. The third-order valence-electron chi connectivity index (χ3n) is 11.7. The van der Waals surface area contributed by atoms with E-state index in [1.165, 1.54) is 24.8 Å². The Balaban J connectivity index is 0.000000756. The van der Waals surface area contributed by atoms with Gasteiger partial charge in [-0.15, -0.1) is 0 Å². The Morgan fingerprint density at radius 3 is 2.32 bits per heavy atom. The number of nitrogens with zero attached hydrogens (tertiary/aromatic N) is 1. The molecule has 0 heterocycles. The van der Waals surface area contributed by atoms with E-state index < -0.39 is 17.6 Å². The molecule has 3 unspecified atom stereocenters. The van der Waals surface area contributed by atoms with Crippen molar-refractivity contribution in [3.63, 3.8) is 0 Å². The van der Waals surface area contributed by atoms with Crippen LogP contribution in [0.25, 0.3) is 0 Å². The summed E-state index contributed by atoms with van der Waals surface area (Å²) in [7, 11) is 0. The third-order valence-corrected chi connectivity index (χ3v) is 11.7. The van der Waals surface area contributed by atoms with E-state index in [9.17, 15) is 19.9 Å². The Morgan fingerprint density at radius 1 is 1.04 bits per heavy atom. The Hall–Kier alpha value is -1.83. The summed E-state index contributed by atoms with van der Waals surface area (Å²) in [6, 6.07) is -0.341. The van der Waals surface area contributed by atoms with Gasteiger partial charge in [-0.05, 0) is 100 Å². The first-order chi connectivity index (χ1) is 22.5. The largest absolute Gasteiger partial charge is 0.465 e. The van der Waals surface area contributed by atoms with Gasteiger partial charge in [0.25, 0.3) is 0 Å². The molecule has 47 heavy (non-hydrogen) atoms. The summed E-state index contributed by atoms with van der Waals surface area (Å²) < 4.78 is 5.45. The molecular weight excluding hydrogens is 590 g/mol. The maximum Gasteiger partial charge on any atom is 0.315 e. The topological polar surface area (TPSA) is 116 Å². The third kappa shape index (κ3) is 10.8. The smallest absolute Gasteiger partial charge is 0.315 e. The summed E-state index contributed by atoms with van der Waals surface area (Å²) >= 11 is 0. The maximum absolute atomic E-state index is 12.6. The molecule has 4 rings (SSSR count). The van der Waals surface area contributed by atoms with Crippen LogP contribution in [0.2, 0.25) is 0 Å². The Kier molecular flexibility index (Phi) is 17.6. The number of esters is 1. The molecule has 4 saturated carbocycles. The second-order valence-corrected chi connectivity index (χ2v) is 14.9. The summed E-state index contributed by atoms with van der Waals surface area (Å²) in [6.07, 6.45) is 20.4. The van der Waals surface area contributed by atoms with Crippen LogP contribution in [-0.2, 0) is 9.53 Å². The van der Waals surface area contributed by atoms with Gasteiger partial charge in [-0.2, -0.15) is 4.91 Å². The predicted molar refractivity (Wildman–Crippen MR) is 193 cm³/mol. The van der Waals surface area contributed by atoms with Gasteiger partial charge in [-0.1, -0.05) is 109 Å². The molecule has 0 aromatic carbocycles. The van der Waals surface area contributed by atoms with Crippen LogP contribution in [0.1, 0.15) is 145 Å². The molecule has 7 heteroatoms. The lowest BCUT2D eigenvalue weighted by molar-refractivity contribution is -0.153. The van der Waals surface area contributed by atoms with Crippen LogP contribution in [0.15, 0.2) is 40.6 Å². The number of unbranched alkanes of at least 4 members (excludes halogenated alkanes) is 1. The van der Waals surface area contributed by atoms with Crippen molar-refractivity contribution in [2.24, 2.45) is 39.7 Å². The second-order valence-electron chi connectivity index (χ2n) is 14.9. The molecule has 4 aliphatic carbocycles. The standard InChI is InChI=1S/C32H49NO5.C6H14O.C2H6/c1-5-6-18-38-30(36)32(16-17-32)29(35)14-9-21(2)25-12-13-26-24(8-7-15-31(25,26)4)11-10-23-19-27(33-37)22(3)28(34)20-23;1-3-5-6(7)4-2;1-2/h9-11,14,21-22,25-29,34-35H,5-8,12-13,15-20H2,1-4H3;6-7H,3-5H2,1-2H3;1-2H3/b14-9+,23-10-,24-11+;;/t21-,22?,25+,26-,27+,28+,29?,31?;6-;/m00./s1. The molecule has 3 N–H and O–H groups in total. The Bertz CT molecular complexity index is 1050. The number of ether oxygens (including phenoxy) is 1. The van der Waals surface area contributed by atoms with Crippen molar-refractivity contribution < 1.29 is 24.9 Å². The van der Waals surface area contributed by atoms with Crippen molar-refractivity contribution in [2.45, 2.75) is 170 Å². The van der Waals surface area contributed by atoms with E-state index in [4.69, 9.17) is 9.84 Å². The molecule has 0 radical (unpaired) electrons. The van der Waals surface area contributed by atoms with E-state index in [0.717, 1.165) is 50.5 Å². The zero-order chi connectivity index (χ0) is 35.2. The Labute approximate surface area is 286 Å². The predicted octanol–water partition coefficient (Wildman–Crippen LogP) is 9.24. The van der Waals surface area contributed by atoms with Gasteiger partial charge < -0.3 is 20.1 Å². The van der Waals surface area contributed by atoms with E-state index in [1.54, 1.807) is 0 Å². The summed E-state index contributed by atoms with van der Waals surface area (Å²) in [4.78, 5) is 23.9. The van der Waals surface area contributed by atoms with Crippen LogP contribution in [0.3, 0.4) is 0 Å². The zero-order valence-corrected chi connectivity index (χ0v) is 31.0. The van der Waals surface area contributed by atoms with Crippen molar-refractivity contribution in [1.82, 2.24) is 0 Å². The lowest BCUT2D eigenvalue weighted by Crippen LogP contribution is -2.36. The number of rotatable bonds is 13. The second kappa shape index (κ2) is 20.0. The highest BCUT2D eigenvalue weighted by Crippen LogP contribution is 2.60. The van der Waals surface area contributed by atoms with Gasteiger partial charge in [-0.25, -0.2) is 0 Å². The summed E-state index contributed by atoms with van der Waals surface area (Å²) in [6.45, 7) is 17.2. The molecule has 270 valence electrons. The first-order valence-electron chi connectivity index (χ1n) is 19.1. The van der Waals surface area contributed by atoms with Crippen LogP contribution in [0.4, 0.5) is 0 Å². The quantitative estimate of drug-likeness (QED) is 0.0786. The number of carbonyl (C=O) groups is 1. The highest BCUT2D eigenvalue weighted by atomic mass is 16.5. The highest BCUT2D eigenvalue weighted by molar-refractivity contribution is 5.81. The normalized spacial score (nSPS) is 33.1. The SMILES string of the molecule is CC.CCCCOC(=O)C1(C(O)/C=C/[C@H](C)[C@H]2CC[C@H]3/C(=C/C=C4\C[C@@H](O)C(C)[C@H](N=O)C4)CCCC23C)CC1.CCC[C@@H](O)CC. The number of hydrogen-bond acceptors (Lipinski definition) is 7. The van der Waals surface area contributed by atoms with Crippen molar-refractivity contribution in [3.8, 4) is 0 Å². The van der Waals surface area contributed by atoms with Crippen molar-refractivity contribution in [3.05, 3.63) is 40.4 Å². The number of fused-ring (bicyclic) bond motifs is 1. The Morgan fingerprint density at radius 2 is 1.74 bits per heavy atom. The molecule has 0 aromatic rings. The number of hydrogen-bond donors (Lipinski definition) is 3. The van der Waals surface area contributed by atoms with E-state index in [-0.39, 0.29) is 29.4 Å². The first kappa shape index (κ1) is 41.3. The van der Waals surface area contributed by atoms with Crippen LogP contribution >= 0.6 is 0 Å². The van der Waals surface area contributed by atoms with Crippen molar-refractivity contribution >= 4 is 5.97 Å². The van der Waals surface area contributed by atoms with Gasteiger partial charge >= 0.3 is 5.97 Å². The molecule has 9 atom stereocenters. The summed E-state index contributed by atoms with van der Waals surface area (Å²) in [5.74, 6) is 1.06. The minimum absolute atomic E-state index is 0.0509. The summed E-state index contributed by atoms with van der Waals surface area (Å²) in [5, 5.41) is 33.4. The minimum atomic E-state index is -0.782. The molecule has 4 fully saturated rings. The van der Waals surface area contributed by atoms with E-state index >= 15 is 0 Å². The number of nitroso groups, excluding NO2 is 1. The number of allylic oxidation sites excluding steroid dienone is 4. The average Bonchev–Trinajstić information content (AvgIpc) is 3.81. The van der Waals surface area contributed by atoms with Crippen molar-refractivity contribution in [1.29, 1.82) is 0 Å². The van der Waals surface area contributed by atoms with Crippen LogP contribution < -0.4 is 0 Å². The maximum atomic E-state index is 12.6. The molecule has 0 bridgehead atoms. The zero-order valence-electron chi connectivity index (χ0n) is 31.0. The van der Waals surface area contributed by atoms with Gasteiger partial charge in [0.1, 0.15) is 6.04 Å². The van der Waals surface area contributed by atoms with Crippen molar-refractivity contribution in [2.75, 3.05) is 6.61 Å². The van der Waals surface area contributed by atoms with Gasteiger partial charge in [0, 0.05) is 5.92 Å². The molecule has 0 aromatic heterocycles. The molecule has 0 spiro atoms. The summed E-state index contributed by atoms with van der Waals surface area (Å²) in [5.41, 5.74) is 2.10. The van der Waals surface area contributed by atoms with E-state index in [2.05, 4.69) is 51.1 Å². The average molecular weight is 660 g/mol. The molecule has 0 aliphatic heterocycles. The lowest BCUT2D eigenvalue weighted by atomic mass is 9.61. The fourth-order valence-corrected chi connectivity index (χ4v) is 8.23. The fourth-order valence-electron chi connectivity index (χ4n) is 8.23. The number of carbonyl (C=O) groups excluding carboxylic acids is 1. The van der Waals surface area contributed by atoms with Crippen LogP contribution in [-0.4, -0.2) is 52.2 Å². The fraction of sp³-hybridized carbons (Fsp3) is 0.825. The monoisotopic (exact) mass is 660 g/mol. The highest BCUT2D eigenvalue weighted by Gasteiger charge is 2.56. The lowest BCUT2D eigenvalue weighted by Gasteiger charge is -2.44. The number of aliphatic hydroxyl groups excluding tert-OH is 3. The molecular formula is C40H69NO6. The van der Waals surface area contributed by atoms with E-state index in [1.807, 2.05) is 33.8 Å². The molecule has 4 aliphatic rings. The minimum Gasteiger partial charge on any atom is -0.465 e.